The molecule has 1 aliphatic carbocycles. The van der Waals surface area contributed by atoms with E-state index in [9.17, 15) is 0 Å². The number of hydrogen-bond donors (Lipinski definition) is 0. The van der Waals surface area contributed by atoms with Gasteiger partial charge in [-0.05, 0) is 61.1 Å². The maximum Gasteiger partial charge on any atom is 0.0992 e. The quantitative estimate of drug-likeness (QED) is 0.684. The molecule has 1 fully saturated rings. The molecule has 2 aromatic rings. The lowest BCUT2D eigenvalue weighted by Crippen LogP contribution is -2.29. The molecule has 0 bridgehead atoms. The minimum Gasteiger partial charge on any atom is -0.0801 e. The molecule has 1 heteroatoms. The van der Waals surface area contributed by atoms with Crippen molar-refractivity contribution in [2.45, 2.75) is 25.7 Å². The molecule has 1 aliphatic heterocycles. The number of rotatable bonds is 3. The lowest BCUT2D eigenvalue weighted by Gasteiger charge is -2.31. The second-order valence-corrected chi connectivity index (χ2v) is 10.5. The van der Waals surface area contributed by atoms with Crippen LogP contribution in [0.2, 0.25) is 0 Å². The summed E-state index contributed by atoms with van der Waals surface area (Å²) in [6.07, 6.45) is 14.8. The first-order valence-corrected chi connectivity index (χ1v) is 10.9. The minimum atomic E-state index is -1.18. The molecule has 23 heavy (non-hydrogen) atoms. The van der Waals surface area contributed by atoms with Gasteiger partial charge in [0.25, 0.3) is 0 Å². The molecule has 116 valence electrons. The summed E-state index contributed by atoms with van der Waals surface area (Å²) in [5.74, 6) is 0. The van der Waals surface area contributed by atoms with E-state index in [0.29, 0.717) is 0 Å². The van der Waals surface area contributed by atoms with E-state index in [1.807, 2.05) is 0 Å². The maximum atomic E-state index is 2.43. The van der Waals surface area contributed by atoms with E-state index in [1.54, 1.807) is 10.6 Å². The molecule has 2 aliphatic rings. The summed E-state index contributed by atoms with van der Waals surface area (Å²) in [6.45, 7) is 0. The third-order valence-electron chi connectivity index (χ3n) is 5.30. The number of benzene rings is 2. The van der Waals surface area contributed by atoms with Crippen molar-refractivity contribution in [2.75, 3.05) is 12.3 Å². The van der Waals surface area contributed by atoms with Crippen LogP contribution >= 0.6 is 7.26 Å². The molecule has 0 N–H and O–H groups in total. The second kappa shape index (κ2) is 6.46. The molecule has 0 unspecified atom stereocenters. The van der Waals surface area contributed by atoms with Crippen LogP contribution in [-0.4, -0.2) is 12.3 Å². The molecule has 4 rings (SSSR count). The fourth-order valence-corrected chi connectivity index (χ4v) is 8.59. The van der Waals surface area contributed by atoms with Crippen LogP contribution < -0.4 is 10.6 Å². The number of allylic oxidation sites excluding steroid dienone is 4. The summed E-state index contributed by atoms with van der Waals surface area (Å²) in [5.41, 5.74) is 2.75. The van der Waals surface area contributed by atoms with E-state index in [2.05, 4.69) is 72.8 Å². The Bertz CT molecular complexity index is 716. The Kier molecular flexibility index (Phi) is 4.19. The van der Waals surface area contributed by atoms with E-state index < -0.39 is 7.26 Å². The molecule has 0 aromatic heterocycles. The summed E-state index contributed by atoms with van der Waals surface area (Å²) < 4.78 is 0. The van der Waals surface area contributed by atoms with Crippen LogP contribution in [0.25, 0.3) is 5.57 Å². The standard InChI is InChI=1S/C22H24P/c1-3-11-21(12-4-1)23(17-7-2-8-18-23)22-15-13-20(14-16-22)19-9-5-6-10-19/h1,3-5,9-16H,2,6-8,17-18H2/q+1. The maximum absolute atomic E-state index is 2.43. The summed E-state index contributed by atoms with van der Waals surface area (Å²) in [4.78, 5) is 0. The highest BCUT2D eigenvalue weighted by atomic mass is 31.2. The summed E-state index contributed by atoms with van der Waals surface area (Å²) in [6, 6.07) is 20.9. The average molecular weight is 319 g/mol. The zero-order chi connectivity index (χ0) is 15.5. The van der Waals surface area contributed by atoms with Crippen molar-refractivity contribution in [1.29, 1.82) is 0 Å². The van der Waals surface area contributed by atoms with Gasteiger partial charge in [-0.15, -0.1) is 0 Å². The van der Waals surface area contributed by atoms with Crippen molar-refractivity contribution in [1.82, 2.24) is 0 Å². The van der Waals surface area contributed by atoms with Gasteiger partial charge in [0.1, 0.15) is 0 Å². The topological polar surface area (TPSA) is 0 Å². The Morgan fingerprint density at radius 1 is 0.696 bits per heavy atom. The van der Waals surface area contributed by atoms with Gasteiger partial charge < -0.3 is 0 Å². The number of hydrogen-bond acceptors (Lipinski definition) is 0. The normalized spacial score (nSPS) is 19.6. The largest absolute Gasteiger partial charge is 0.0992 e. The minimum absolute atomic E-state index is 1.08. The smallest absolute Gasteiger partial charge is 0.0801 e. The highest BCUT2D eigenvalue weighted by Crippen LogP contribution is 2.59. The average Bonchev–Trinajstić information content (AvgIpc) is 3.18. The molecule has 0 atom stereocenters. The van der Waals surface area contributed by atoms with Gasteiger partial charge in [-0.1, -0.05) is 48.6 Å². The van der Waals surface area contributed by atoms with Crippen molar-refractivity contribution in [3.05, 3.63) is 78.4 Å². The van der Waals surface area contributed by atoms with E-state index >= 15 is 0 Å². The van der Waals surface area contributed by atoms with Gasteiger partial charge >= 0.3 is 0 Å². The van der Waals surface area contributed by atoms with Gasteiger partial charge in [-0.3, -0.25) is 0 Å². The molecular weight excluding hydrogens is 295 g/mol. The molecule has 0 radical (unpaired) electrons. The highest BCUT2D eigenvalue weighted by molar-refractivity contribution is 7.89. The summed E-state index contributed by atoms with van der Waals surface area (Å²) in [7, 11) is -1.18. The highest BCUT2D eigenvalue weighted by Gasteiger charge is 2.43. The Morgan fingerprint density at radius 3 is 2.04 bits per heavy atom. The molecule has 0 nitrogen and oxygen atoms in total. The van der Waals surface area contributed by atoms with Gasteiger partial charge in [-0.25, -0.2) is 0 Å². The van der Waals surface area contributed by atoms with E-state index in [4.69, 9.17) is 0 Å². The zero-order valence-corrected chi connectivity index (χ0v) is 14.5. The van der Waals surface area contributed by atoms with Gasteiger partial charge in [0.05, 0.1) is 30.2 Å². The van der Waals surface area contributed by atoms with Crippen molar-refractivity contribution in [2.24, 2.45) is 0 Å². The van der Waals surface area contributed by atoms with Crippen molar-refractivity contribution >= 4 is 23.4 Å². The first kappa shape index (κ1) is 14.9. The predicted molar refractivity (Wildman–Crippen MR) is 104 cm³/mol. The lowest BCUT2D eigenvalue weighted by atomic mass is 10.1. The Hall–Kier alpha value is -1.65. The Morgan fingerprint density at radius 2 is 1.39 bits per heavy atom. The molecule has 2 aromatic carbocycles. The molecular formula is C22H24P+. The first-order chi connectivity index (χ1) is 11.4. The van der Waals surface area contributed by atoms with Gasteiger partial charge in [-0.2, -0.15) is 0 Å². The van der Waals surface area contributed by atoms with Gasteiger partial charge in [0.15, 0.2) is 0 Å². The van der Waals surface area contributed by atoms with Crippen LogP contribution in [0.5, 0.6) is 0 Å². The molecule has 0 saturated carbocycles. The van der Waals surface area contributed by atoms with Gasteiger partial charge in [0, 0.05) is 0 Å². The molecule has 1 heterocycles. The van der Waals surface area contributed by atoms with Crippen molar-refractivity contribution < 1.29 is 0 Å². The fraction of sp³-hybridized carbons (Fsp3) is 0.273. The second-order valence-electron chi connectivity index (χ2n) is 6.66. The van der Waals surface area contributed by atoms with Gasteiger partial charge in [0.2, 0.25) is 0 Å². The van der Waals surface area contributed by atoms with E-state index in [1.165, 1.54) is 42.7 Å². The van der Waals surface area contributed by atoms with Crippen LogP contribution in [0.4, 0.5) is 0 Å². The van der Waals surface area contributed by atoms with E-state index in [0.717, 1.165) is 6.42 Å². The lowest BCUT2D eigenvalue weighted by molar-refractivity contribution is 0.751. The monoisotopic (exact) mass is 319 g/mol. The predicted octanol–water partition coefficient (Wildman–Crippen LogP) is 5.18. The zero-order valence-electron chi connectivity index (χ0n) is 13.6. The van der Waals surface area contributed by atoms with Crippen LogP contribution in [0, 0.1) is 0 Å². The molecule has 1 saturated heterocycles. The Labute approximate surface area is 140 Å². The van der Waals surface area contributed by atoms with Crippen LogP contribution in [0.1, 0.15) is 31.2 Å². The summed E-state index contributed by atoms with van der Waals surface area (Å²) in [5, 5.41) is 3.21. The van der Waals surface area contributed by atoms with Crippen molar-refractivity contribution in [3.8, 4) is 0 Å². The molecule has 0 amide bonds. The third-order valence-corrected chi connectivity index (χ3v) is 10.0. The molecule has 0 spiro atoms. The summed E-state index contributed by atoms with van der Waals surface area (Å²) >= 11 is 0. The first-order valence-electron chi connectivity index (χ1n) is 8.79. The third kappa shape index (κ3) is 2.81. The van der Waals surface area contributed by atoms with E-state index in [-0.39, 0.29) is 0 Å². The Balaban J connectivity index is 1.73. The van der Waals surface area contributed by atoms with Crippen LogP contribution in [0.15, 0.2) is 72.8 Å². The SMILES string of the molecule is C1=CC(c2ccc([P+]3(c4ccccc4)CCCCC3)cc2)=CC1. The van der Waals surface area contributed by atoms with Crippen LogP contribution in [0.3, 0.4) is 0 Å². The fourth-order valence-electron chi connectivity index (χ4n) is 4.04. The van der Waals surface area contributed by atoms with Crippen LogP contribution in [-0.2, 0) is 0 Å². The van der Waals surface area contributed by atoms with Crippen molar-refractivity contribution in [3.63, 3.8) is 0 Å².